The average molecular weight is 393 g/mol. The van der Waals surface area contributed by atoms with E-state index >= 15 is 0 Å². The standard InChI is InChI=1S/C23H27N3O3/c1-15(2)11-17-7-9-19(10-8-17)16(3)25-22(28)20-6-4-5-18(12-20)14-26-21(27)13-24-23(26)29/h4-10,12,15-16H,11,13-14H2,1-3H3,(H,24,29)(H,25,28). The Kier molecular flexibility index (Phi) is 6.32. The van der Waals surface area contributed by atoms with Crippen molar-refractivity contribution in [3.8, 4) is 0 Å². The number of benzene rings is 2. The molecule has 2 N–H and O–H groups in total. The van der Waals surface area contributed by atoms with E-state index in [1.54, 1.807) is 24.3 Å². The first-order valence-corrected chi connectivity index (χ1v) is 9.90. The molecular weight excluding hydrogens is 366 g/mol. The van der Waals surface area contributed by atoms with Gasteiger partial charge in [0.05, 0.1) is 19.1 Å². The van der Waals surface area contributed by atoms with Crippen LogP contribution in [-0.2, 0) is 17.8 Å². The fourth-order valence-electron chi connectivity index (χ4n) is 3.39. The van der Waals surface area contributed by atoms with Crippen molar-refractivity contribution in [2.24, 2.45) is 5.92 Å². The molecule has 0 saturated carbocycles. The molecule has 1 fully saturated rings. The topological polar surface area (TPSA) is 78.5 Å². The van der Waals surface area contributed by atoms with Gasteiger partial charge >= 0.3 is 6.03 Å². The van der Waals surface area contributed by atoms with Crippen molar-refractivity contribution < 1.29 is 14.4 Å². The number of rotatable bonds is 7. The van der Waals surface area contributed by atoms with Crippen molar-refractivity contribution in [3.63, 3.8) is 0 Å². The highest BCUT2D eigenvalue weighted by Crippen LogP contribution is 2.17. The molecule has 6 heteroatoms. The third-order valence-corrected chi connectivity index (χ3v) is 4.94. The van der Waals surface area contributed by atoms with Crippen LogP contribution in [0.15, 0.2) is 48.5 Å². The van der Waals surface area contributed by atoms with Crippen molar-refractivity contribution in [1.29, 1.82) is 0 Å². The van der Waals surface area contributed by atoms with E-state index in [0.717, 1.165) is 22.4 Å². The van der Waals surface area contributed by atoms with Gasteiger partial charge in [-0.05, 0) is 48.1 Å². The van der Waals surface area contributed by atoms with E-state index in [9.17, 15) is 14.4 Å². The quantitative estimate of drug-likeness (QED) is 0.708. The summed E-state index contributed by atoms with van der Waals surface area (Å²) in [6, 6.07) is 14.8. The van der Waals surface area contributed by atoms with E-state index in [1.165, 1.54) is 5.56 Å². The molecule has 1 aliphatic rings. The van der Waals surface area contributed by atoms with Gasteiger partial charge < -0.3 is 10.6 Å². The second-order valence-corrected chi connectivity index (χ2v) is 7.87. The Bertz CT molecular complexity index is 890. The molecule has 1 aliphatic heterocycles. The fraction of sp³-hybridized carbons (Fsp3) is 0.348. The van der Waals surface area contributed by atoms with Gasteiger partial charge in [0.15, 0.2) is 0 Å². The Labute approximate surface area is 171 Å². The maximum absolute atomic E-state index is 12.7. The van der Waals surface area contributed by atoms with Crippen LogP contribution in [0.25, 0.3) is 0 Å². The van der Waals surface area contributed by atoms with Crippen LogP contribution in [0.4, 0.5) is 4.79 Å². The Balaban J connectivity index is 1.64. The summed E-state index contributed by atoms with van der Waals surface area (Å²) in [6.45, 7) is 6.51. The lowest BCUT2D eigenvalue weighted by Crippen LogP contribution is -2.30. The predicted octanol–water partition coefficient (Wildman–Crippen LogP) is 3.43. The monoisotopic (exact) mass is 393 g/mol. The number of nitrogens with one attached hydrogen (secondary N) is 2. The van der Waals surface area contributed by atoms with Gasteiger partial charge in [0.25, 0.3) is 5.91 Å². The van der Waals surface area contributed by atoms with Crippen molar-refractivity contribution in [2.75, 3.05) is 6.54 Å². The van der Waals surface area contributed by atoms with E-state index in [2.05, 4.69) is 48.7 Å². The van der Waals surface area contributed by atoms with Crippen molar-refractivity contribution in [2.45, 2.75) is 39.8 Å². The number of hydrogen-bond donors (Lipinski definition) is 2. The van der Waals surface area contributed by atoms with E-state index in [1.807, 2.05) is 6.92 Å². The van der Waals surface area contributed by atoms with Gasteiger partial charge in [0.2, 0.25) is 5.91 Å². The molecule has 0 radical (unpaired) electrons. The minimum absolute atomic E-state index is 0.0203. The second-order valence-electron chi connectivity index (χ2n) is 7.87. The second kappa shape index (κ2) is 8.90. The maximum Gasteiger partial charge on any atom is 0.324 e. The molecule has 0 bridgehead atoms. The molecule has 0 aromatic heterocycles. The highest BCUT2D eigenvalue weighted by Gasteiger charge is 2.28. The van der Waals surface area contributed by atoms with Crippen LogP contribution in [0.1, 0.15) is 53.9 Å². The lowest BCUT2D eigenvalue weighted by atomic mass is 10.00. The number of nitrogens with zero attached hydrogens (tertiary/aromatic N) is 1. The van der Waals surface area contributed by atoms with Crippen LogP contribution in [0.3, 0.4) is 0 Å². The molecule has 1 atom stereocenters. The molecule has 2 aromatic rings. The van der Waals surface area contributed by atoms with Gasteiger partial charge in [-0.3, -0.25) is 14.5 Å². The number of amides is 4. The molecule has 29 heavy (non-hydrogen) atoms. The van der Waals surface area contributed by atoms with E-state index < -0.39 is 6.03 Å². The third kappa shape index (κ3) is 5.22. The zero-order chi connectivity index (χ0) is 21.0. The molecule has 2 aromatic carbocycles. The summed E-state index contributed by atoms with van der Waals surface area (Å²) in [5.74, 6) is 0.148. The molecule has 1 saturated heterocycles. The zero-order valence-corrected chi connectivity index (χ0v) is 17.1. The fourth-order valence-corrected chi connectivity index (χ4v) is 3.39. The Hall–Kier alpha value is -3.15. The van der Waals surface area contributed by atoms with Crippen molar-refractivity contribution in [3.05, 3.63) is 70.8 Å². The van der Waals surface area contributed by atoms with Gasteiger partial charge in [-0.15, -0.1) is 0 Å². The largest absolute Gasteiger partial charge is 0.346 e. The highest BCUT2D eigenvalue weighted by atomic mass is 16.2. The minimum Gasteiger partial charge on any atom is -0.346 e. The van der Waals surface area contributed by atoms with Crippen LogP contribution < -0.4 is 10.6 Å². The zero-order valence-electron chi connectivity index (χ0n) is 17.1. The summed E-state index contributed by atoms with van der Waals surface area (Å²) in [5.41, 5.74) is 3.56. The van der Waals surface area contributed by atoms with Gasteiger partial charge in [0.1, 0.15) is 0 Å². The van der Waals surface area contributed by atoms with E-state index in [0.29, 0.717) is 11.5 Å². The Morgan fingerprint density at radius 2 is 1.79 bits per heavy atom. The van der Waals surface area contributed by atoms with E-state index in [4.69, 9.17) is 0 Å². The first-order chi connectivity index (χ1) is 13.8. The molecular formula is C23H27N3O3. The average Bonchev–Trinajstić information content (AvgIpc) is 3.00. The van der Waals surface area contributed by atoms with Gasteiger partial charge in [-0.25, -0.2) is 4.79 Å². The van der Waals surface area contributed by atoms with Crippen LogP contribution >= 0.6 is 0 Å². The molecule has 0 aliphatic carbocycles. The maximum atomic E-state index is 12.7. The lowest BCUT2D eigenvalue weighted by molar-refractivity contribution is -0.125. The van der Waals surface area contributed by atoms with Crippen molar-refractivity contribution >= 4 is 17.8 Å². The van der Waals surface area contributed by atoms with Crippen molar-refractivity contribution in [1.82, 2.24) is 15.5 Å². The SMILES string of the molecule is CC(C)Cc1ccc(C(C)NC(=O)c2cccc(CN3C(=O)CNC3=O)c2)cc1. The Morgan fingerprint density at radius 1 is 1.07 bits per heavy atom. The van der Waals surface area contributed by atoms with Gasteiger partial charge in [0, 0.05) is 5.56 Å². The molecule has 0 spiro atoms. The highest BCUT2D eigenvalue weighted by molar-refractivity contribution is 6.02. The van der Waals surface area contributed by atoms with Crippen LogP contribution in [0.5, 0.6) is 0 Å². The molecule has 6 nitrogen and oxygen atoms in total. The third-order valence-electron chi connectivity index (χ3n) is 4.94. The number of imide groups is 1. The molecule has 1 unspecified atom stereocenters. The first-order valence-electron chi connectivity index (χ1n) is 9.90. The number of carbonyl (C=O) groups is 3. The van der Waals surface area contributed by atoms with Gasteiger partial charge in [-0.2, -0.15) is 0 Å². The van der Waals surface area contributed by atoms with E-state index in [-0.39, 0.29) is 30.9 Å². The number of hydrogen-bond acceptors (Lipinski definition) is 3. The predicted molar refractivity (Wildman–Crippen MR) is 111 cm³/mol. The summed E-state index contributed by atoms with van der Waals surface area (Å²) < 4.78 is 0. The first kappa shape index (κ1) is 20.6. The Morgan fingerprint density at radius 3 is 2.41 bits per heavy atom. The minimum atomic E-state index is -0.403. The smallest absolute Gasteiger partial charge is 0.324 e. The van der Waals surface area contributed by atoms with Crippen LogP contribution in [0, 0.1) is 5.92 Å². The number of carbonyl (C=O) groups excluding carboxylic acids is 3. The summed E-state index contributed by atoms with van der Waals surface area (Å²) in [6.07, 6.45) is 1.03. The summed E-state index contributed by atoms with van der Waals surface area (Å²) in [4.78, 5) is 37.3. The summed E-state index contributed by atoms with van der Waals surface area (Å²) in [7, 11) is 0. The molecule has 1 heterocycles. The van der Waals surface area contributed by atoms with Crippen LogP contribution in [0.2, 0.25) is 0 Å². The summed E-state index contributed by atoms with van der Waals surface area (Å²) >= 11 is 0. The lowest BCUT2D eigenvalue weighted by Gasteiger charge is -2.16. The van der Waals surface area contributed by atoms with Gasteiger partial charge in [-0.1, -0.05) is 50.2 Å². The number of urea groups is 1. The van der Waals surface area contributed by atoms with Crippen LogP contribution in [-0.4, -0.2) is 29.3 Å². The molecule has 152 valence electrons. The summed E-state index contributed by atoms with van der Waals surface area (Å²) in [5, 5.41) is 5.51. The molecule has 4 amide bonds. The normalized spacial score (nSPS) is 14.8. The molecule has 3 rings (SSSR count).